The smallest absolute Gasteiger partial charge is 0.294 e. The Balaban J connectivity index is 1.43. The van der Waals surface area contributed by atoms with Crippen LogP contribution >= 0.6 is 11.6 Å². The Morgan fingerprint density at radius 2 is 1.60 bits per heavy atom. The Labute approximate surface area is 242 Å². The molecule has 6 nitrogen and oxygen atoms in total. The van der Waals surface area contributed by atoms with Gasteiger partial charge in [0, 0.05) is 22.4 Å². The third-order valence-electron chi connectivity index (χ3n) is 6.71. The zero-order valence-corrected chi connectivity index (χ0v) is 24.5. The number of ether oxygens (including phenoxy) is 1. The van der Waals surface area contributed by atoms with Crippen molar-refractivity contribution in [3.63, 3.8) is 0 Å². The lowest BCUT2D eigenvalue weighted by Crippen LogP contribution is -3.13. The van der Waals surface area contributed by atoms with Crippen LogP contribution in [0.1, 0.15) is 49.2 Å². The van der Waals surface area contributed by atoms with Crippen molar-refractivity contribution in [2.75, 3.05) is 31.1 Å². The van der Waals surface area contributed by atoms with Crippen molar-refractivity contribution in [2.45, 2.75) is 34.2 Å². The van der Waals surface area contributed by atoms with Crippen LogP contribution in [0.2, 0.25) is 5.02 Å². The molecule has 0 saturated carbocycles. The number of amides is 2. The Kier molecular flexibility index (Phi) is 10.0. The van der Waals surface area contributed by atoms with E-state index in [2.05, 4.69) is 33.0 Å². The summed E-state index contributed by atoms with van der Waals surface area (Å²) in [5.41, 5.74) is 3.04. The van der Waals surface area contributed by atoms with Crippen molar-refractivity contribution >= 4 is 35.2 Å². The summed E-state index contributed by atoms with van der Waals surface area (Å²) in [7, 11) is 0. The van der Waals surface area contributed by atoms with Crippen LogP contribution in [0.3, 0.4) is 0 Å². The van der Waals surface area contributed by atoms with Gasteiger partial charge in [-0.1, -0.05) is 75.7 Å². The fourth-order valence-electron chi connectivity index (χ4n) is 4.97. The minimum absolute atomic E-state index is 0.0966. The summed E-state index contributed by atoms with van der Waals surface area (Å²) in [6, 6.07) is 22.2. The van der Waals surface area contributed by atoms with Crippen molar-refractivity contribution < 1.29 is 19.2 Å². The van der Waals surface area contributed by atoms with Crippen LogP contribution in [-0.4, -0.2) is 38.0 Å². The molecule has 2 N–H and O–H groups in total. The monoisotopic (exact) mass is 560 g/mol. The number of para-hydroxylation sites is 2. The molecule has 0 atom stereocenters. The van der Waals surface area contributed by atoms with Crippen LogP contribution in [0.25, 0.3) is 6.08 Å². The number of halogens is 1. The summed E-state index contributed by atoms with van der Waals surface area (Å²) in [5.74, 6) is 1.74. The molecule has 3 aromatic carbocycles. The standard InChI is InChI=1S/C33H38ClN3O3/c1-23(2)20-36(21-24(3)4)18-17-35-32(38)27-13-9-25(10-14-27)19-31-33(39)37(22-26-11-15-28(34)16-12-26)29-7-5-6-8-30(29)40-31/h5-16,19,23-24H,17-18,20-22H2,1-4H3,(H,35,38)/p+1. The molecular weight excluding hydrogens is 522 g/mol. The van der Waals surface area contributed by atoms with Gasteiger partial charge in [-0.15, -0.1) is 0 Å². The molecule has 7 heteroatoms. The maximum atomic E-state index is 13.5. The van der Waals surface area contributed by atoms with E-state index in [9.17, 15) is 9.59 Å². The first-order valence-electron chi connectivity index (χ1n) is 14.0. The number of benzene rings is 3. The van der Waals surface area contributed by atoms with Gasteiger partial charge in [0.05, 0.1) is 38.4 Å². The minimum atomic E-state index is -0.231. The number of carbonyl (C=O) groups is 2. The summed E-state index contributed by atoms with van der Waals surface area (Å²) in [6.45, 7) is 13.1. The summed E-state index contributed by atoms with van der Waals surface area (Å²) in [6.07, 6.45) is 1.72. The minimum Gasteiger partial charge on any atom is -0.449 e. The zero-order valence-electron chi connectivity index (χ0n) is 23.7. The molecular formula is C33H39ClN3O3+. The number of hydrogen-bond donors (Lipinski definition) is 2. The Bertz CT molecular complexity index is 1320. The normalized spacial score (nSPS) is 14.2. The highest BCUT2D eigenvalue weighted by Crippen LogP contribution is 2.36. The molecule has 0 spiro atoms. The number of nitrogens with zero attached hydrogens (tertiary/aromatic N) is 1. The van der Waals surface area contributed by atoms with Crippen molar-refractivity contribution in [1.29, 1.82) is 0 Å². The molecule has 0 radical (unpaired) electrons. The number of nitrogens with one attached hydrogen (secondary N) is 2. The molecule has 0 aromatic heterocycles. The van der Waals surface area contributed by atoms with Gasteiger partial charge in [-0.05, 0) is 53.6 Å². The number of rotatable bonds is 11. The van der Waals surface area contributed by atoms with Gasteiger partial charge < -0.3 is 15.0 Å². The van der Waals surface area contributed by atoms with E-state index in [-0.39, 0.29) is 17.6 Å². The maximum Gasteiger partial charge on any atom is 0.294 e. The Morgan fingerprint density at radius 1 is 0.950 bits per heavy atom. The average molecular weight is 561 g/mol. The highest BCUT2D eigenvalue weighted by atomic mass is 35.5. The van der Waals surface area contributed by atoms with Gasteiger partial charge in [0.15, 0.2) is 11.5 Å². The van der Waals surface area contributed by atoms with Crippen LogP contribution < -0.4 is 19.9 Å². The molecule has 0 bridgehead atoms. The van der Waals surface area contributed by atoms with E-state index >= 15 is 0 Å². The summed E-state index contributed by atoms with van der Waals surface area (Å²) in [5, 5.41) is 3.71. The fraction of sp³-hybridized carbons (Fsp3) is 0.333. The molecule has 0 fully saturated rings. The predicted octanol–water partition coefficient (Wildman–Crippen LogP) is 5.23. The van der Waals surface area contributed by atoms with Crippen LogP contribution in [0, 0.1) is 11.8 Å². The summed E-state index contributed by atoms with van der Waals surface area (Å²) < 4.78 is 6.01. The number of anilines is 1. The molecule has 1 aliphatic heterocycles. The third kappa shape index (κ3) is 7.96. The van der Waals surface area contributed by atoms with Gasteiger partial charge in [-0.25, -0.2) is 0 Å². The number of fused-ring (bicyclic) bond motifs is 1. The van der Waals surface area contributed by atoms with Gasteiger partial charge in [-0.3, -0.25) is 14.5 Å². The molecule has 2 amide bonds. The first-order chi connectivity index (χ1) is 19.2. The van der Waals surface area contributed by atoms with Crippen molar-refractivity contribution in [2.24, 2.45) is 11.8 Å². The Hall–Kier alpha value is -3.61. The van der Waals surface area contributed by atoms with E-state index in [1.54, 1.807) is 23.1 Å². The Morgan fingerprint density at radius 3 is 2.25 bits per heavy atom. The molecule has 1 heterocycles. The molecule has 0 aliphatic carbocycles. The van der Waals surface area contributed by atoms with E-state index in [0.717, 1.165) is 30.8 Å². The fourth-order valence-corrected chi connectivity index (χ4v) is 5.10. The lowest BCUT2D eigenvalue weighted by Gasteiger charge is -2.30. The van der Waals surface area contributed by atoms with E-state index in [4.69, 9.17) is 16.3 Å². The second kappa shape index (κ2) is 13.6. The van der Waals surface area contributed by atoms with Crippen LogP contribution in [-0.2, 0) is 11.3 Å². The molecule has 0 unspecified atom stereocenters. The quantitative estimate of drug-likeness (QED) is 0.316. The molecule has 40 heavy (non-hydrogen) atoms. The molecule has 0 saturated heterocycles. The van der Waals surface area contributed by atoms with Gasteiger partial charge in [0.25, 0.3) is 11.8 Å². The van der Waals surface area contributed by atoms with E-state index in [1.165, 1.54) is 4.90 Å². The van der Waals surface area contributed by atoms with Crippen LogP contribution in [0.15, 0.2) is 78.6 Å². The molecule has 210 valence electrons. The number of carbonyl (C=O) groups excluding carboxylic acids is 2. The predicted molar refractivity (Wildman–Crippen MR) is 162 cm³/mol. The summed E-state index contributed by atoms with van der Waals surface area (Å²) in [4.78, 5) is 29.5. The second-order valence-corrected chi connectivity index (χ2v) is 11.6. The highest BCUT2D eigenvalue weighted by molar-refractivity contribution is 6.30. The second-order valence-electron chi connectivity index (χ2n) is 11.2. The topological polar surface area (TPSA) is 63.1 Å². The van der Waals surface area contributed by atoms with Crippen LogP contribution in [0.5, 0.6) is 5.75 Å². The van der Waals surface area contributed by atoms with Gasteiger partial charge in [0.1, 0.15) is 0 Å². The van der Waals surface area contributed by atoms with Crippen molar-refractivity contribution in [1.82, 2.24) is 5.32 Å². The number of quaternary nitrogens is 1. The van der Waals surface area contributed by atoms with E-state index in [1.807, 2.05) is 60.7 Å². The maximum absolute atomic E-state index is 13.5. The summed E-state index contributed by atoms with van der Waals surface area (Å²) >= 11 is 6.04. The lowest BCUT2D eigenvalue weighted by atomic mass is 10.1. The van der Waals surface area contributed by atoms with Gasteiger partial charge >= 0.3 is 0 Å². The van der Waals surface area contributed by atoms with Crippen molar-refractivity contribution in [3.8, 4) is 5.75 Å². The van der Waals surface area contributed by atoms with Crippen molar-refractivity contribution in [3.05, 3.63) is 100 Å². The first kappa shape index (κ1) is 29.4. The van der Waals surface area contributed by atoms with Crippen LogP contribution in [0.4, 0.5) is 5.69 Å². The molecule has 1 aliphatic rings. The van der Waals surface area contributed by atoms with E-state index in [0.29, 0.717) is 46.9 Å². The lowest BCUT2D eigenvalue weighted by molar-refractivity contribution is -0.904. The number of hydrogen-bond acceptors (Lipinski definition) is 3. The largest absolute Gasteiger partial charge is 0.449 e. The van der Waals surface area contributed by atoms with Gasteiger partial charge in [-0.2, -0.15) is 0 Å². The highest BCUT2D eigenvalue weighted by Gasteiger charge is 2.30. The van der Waals surface area contributed by atoms with Gasteiger partial charge in [0.2, 0.25) is 0 Å². The molecule has 4 rings (SSSR count). The molecule has 3 aromatic rings. The zero-order chi connectivity index (χ0) is 28.6. The average Bonchev–Trinajstić information content (AvgIpc) is 2.91. The van der Waals surface area contributed by atoms with E-state index < -0.39 is 0 Å². The SMILES string of the molecule is CC(C)C[NH+](CCNC(=O)c1ccc(C=C2Oc3ccccc3N(Cc3ccc(Cl)cc3)C2=O)cc1)CC(C)C. The first-order valence-corrected chi connectivity index (χ1v) is 14.3. The third-order valence-corrected chi connectivity index (χ3v) is 6.97.